The van der Waals surface area contributed by atoms with E-state index in [1.165, 1.54) is 35.3 Å². The van der Waals surface area contributed by atoms with Crippen LogP contribution in [-0.2, 0) is 26.9 Å². The Morgan fingerprint density at radius 2 is 1.74 bits per heavy atom. The lowest BCUT2D eigenvalue weighted by atomic mass is 9.92. The first-order chi connectivity index (χ1) is 14.7. The van der Waals surface area contributed by atoms with E-state index in [9.17, 15) is 22.8 Å². The van der Waals surface area contributed by atoms with Gasteiger partial charge in [0.05, 0.1) is 18.1 Å². The molecule has 1 fully saturated rings. The fourth-order valence-electron chi connectivity index (χ4n) is 3.71. The molecule has 1 heterocycles. The molecule has 1 spiro atoms. The van der Waals surface area contributed by atoms with E-state index in [4.69, 9.17) is 16.3 Å². The number of hydrogen-bond acceptors (Lipinski definition) is 3. The quantitative estimate of drug-likeness (QED) is 0.667. The van der Waals surface area contributed by atoms with E-state index in [1.54, 1.807) is 30.3 Å². The number of nitrogens with zero attached hydrogens (tertiary/aromatic N) is 1. The molecule has 4 nitrogen and oxygen atoms in total. The molecule has 0 aromatic heterocycles. The Labute approximate surface area is 181 Å². The molecule has 2 aromatic carbocycles. The molecule has 0 bridgehead atoms. The standard InChI is InChI=1S/C23H17ClF3NO3/c24-20-7-6-17(23(25,26)27)13-15(20)12-16-14-31-22(10-8-19(29)9-11-22)28(21(16)30)18-4-2-1-3-5-18/h1-11,13,16H,12,14H2. The number of alkyl halides is 3. The summed E-state index contributed by atoms with van der Waals surface area (Å²) in [5.74, 6) is -1.33. The Bertz CT molecular complexity index is 1060. The molecular weight excluding hydrogens is 431 g/mol. The smallest absolute Gasteiger partial charge is 0.347 e. The highest BCUT2D eigenvalue weighted by Gasteiger charge is 2.46. The van der Waals surface area contributed by atoms with Crippen LogP contribution in [0.2, 0.25) is 5.02 Å². The molecule has 1 unspecified atom stereocenters. The molecule has 160 valence electrons. The number of carbonyl (C=O) groups is 2. The summed E-state index contributed by atoms with van der Waals surface area (Å²) in [7, 11) is 0. The van der Waals surface area contributed by atoms with Crippen molar-refractivity contribution in [3.63, 3.8) is 0 Å². The highest BCUT2D eigenvalue weighted by Crippen LogP contribution is 2.38. The van der Waals surface area contributed by atoms with E-state index in [2.05, 4.69) is 0 Å². The maximum Gasteiger partial charge on any atom is 0.416 e. The van der Waals surface area contributed by atoms with Gasteiger partial charge in [-0.15, -0.1) is 0 Å². The zero-order chi connectivity index (χ0) is 22.2. The third-order valence-corrected chi connectivity index (χ3v) is 5.63. The number of hydrogen-bond donors (Lipinski definition) is 0. The van der Waals surface area contributed by atoms with Crippen LogP contribution in [0, 0.1) is 5.92 Å². The van der Waals surface area contributed by atoms with Crippen molar-refractivity contribution in [2.45, 2.75) is 18.3 Å². The Morgan fingerprint density at radius 3 is 2.39 bits per heavy atom. The van der Waals surface area contributed by atoms with Gasteiger partial charge in [-0.25, -0.2) is 0 Å². The molecule has 2 aliphatic rings. The van der Waals surface area contributed by atoms with Gasteiger partial charge in [0.25, 0.3) is 0 Å². The number of carbonyl (C=O) groups excluding carboxylic acids is 2. The van der Waals surface area contributed by atoms with Gasteiger partial charge in [-0.1, -0.05) is 29.8 Å². The first-order valence-electron chi connectivity index (χ1n) is 9.51. The third kappa shape index (κ3) is 4.16. The number of ketones is 1. The van der Waals surface area contributed by atoms with E-state index in [-0.39, 0.29) is 35.3 Å². The Morgan fingerprint density at radius 1 is 1.06 bits per heavy atom. The summed E-state index contributed by atoms with van der Waals surface area (Å²) >= 11 is 6.13. The normalized spacial score (nSPS) is 20.5. The first kappa shape index (κ1) is 21.3. The summed E-state index contributed by atoms with van der Waals surface area (Å²) in [5, 5.41) is 0.149. The van der Waals surface area contributed by atoms with Crippen LogP contribution in [0.4, 0.5) is 18.9 Å². The molecule has 0 N–H and O–H groups in total. The van der Waals surface area contributed by atoms with Crippen LogP contribution in [0.1, 0.15) is 11.1 Å². The van der Waals surface area contributed by atoms with Crippen molar-refractivity contribution in [1.82, 2.24) is 0 Å². The van der Waals surface area contributed by atoms with Gasteiger partial charge < -0.3 is 4.74 Å². The number of benzene rings is 2. The van der Waals surface area contributed by atoms with Crippen molar-refractivity contribution in [3.05, 3.63) is 89.0 Å². The minimum absolute atomic E-state index is 0.0205. The first-order valence-corrected chi connectivity index (χ1v) is 9.88. The van der Waals surface area contributed by atoms with E-state index >= 15 is 0 Å². The minimum atomic E-state index is -4.52. The maximum absolute atomic E-state index is 13.5. The Kier molecular flexibility index (Phi) is 5.49. The largest absolute Gasteiger partial charge is 0.416 e. The van der Waals surface area contributed by atoms with Crippen LogP contribution in [0.5, 0.6) is 0 Å². The van der Waals surface area contributed by atoms with Crippen molar-refractivity contribution in [2.24, 2.45) is 5.92 Å². The average molecular weight is 448 g/mol. The van der Waals surface area contributed by atoms with Gasteiger partial charge >= 0.3 is 6.18 Å². The molecule has 1 amide bonds. The van der Waals surface area contributed by atoms with Gasteiger partial charge in [-0.2, -0.15) is 13.2 Å². The molecule has 0 saturated carbocycles. The number of rotatable bonds is 3. The number of para-hydroxylation sites is 1. The minimum Gasteiger partial charge on any atom is -0.347 e. The molecular formula is C23H17ClF3NO3. The van der Waals surface area contributed by atoms with Crippen molar-refractivity contribution < 1.29 is 27.5 Å². The lowest BCUT2D eigenvalue weighted by Crippen LogP contribution is -2.60. The summed E-state index contributed by atoms with van der Waals surface area (Å²) in [6, 6.07) is 11.8. The van der Waals surface area contributed by atoms with E-state index < -0.39 is 23.4 Å². The number of halogens is 4. The Balaban J connectivity index is 1.69. The predicted octanol–water partition coefficient (Wildman–Crippen LogP) is 4.97. The lowest BCUT2D eigenvalue weighted by molar-refractivity contribution is -0.138. The molecule has 0 radical (unpaired) electrons. The molecule has 1 atom stereocenters. The van der Waals surface area contributed by atoms with Gasteiger partial charge in [-0.3, -0.25) is 14.5 Å². The van der Waals surface area contributed by atoms with Crippen LogP contribution in [0.15, 0.2) is 72.8 Å². The van der Waals surface area contributed by atoms with Crippen LogP contribution in [0.25, 0.3) is 0 Å². The van der Waals surface area contributed by atoms with Crippen LogP contribution < -0.4 is 4.90 Å². The summed E-state index contributed by atoms with van der Waals surface area (Å²) in [6.45, 7) is -0.0440. The predicted molar refractivity (Wildman–Crippen MR) is 110 cm³/mol. The van der Waals surface area contributed by atoms with E-state index in [1.807, 2.05) is 0 Å². The maximum atomic E-state index is 13.5. The zero-order valence-electron chi connectivity index (χ0n) is 16.1. The van der Waals surface area contributed by atoms with Crippen LogP contribution >= 0.6 is 11.6 Å². The summed E-state index contributed by atoms with van der Waals surface area (Å²) in [4.78, 5) is 26.6. The summed E-state index contributed by atoms with van der Waals surface area (Å²) in [5.41, 5.74) is -1.35. The average Bonchev–Trinajstić information content (AvgIpc) is 2.74. The fourth-order valence-corrected chi connectivity index (χ4v) is 3.90. The van der Waals surface area contributed by atoms with Crippen molar-refractivity contribution in [3.8, 4) is 0 Å². The van der Waals surface area contributed by atoms with Gasteiger partial charge in [0.2, 0.25) is 5.91 Å². The summed E-state index contributed by atoms with van der Waals surface area (Å²) < 4.78 is 45.4. The summed E-state index contributed by atoms with van der Waals surface area (Å²) in [6.07, 6.45) is 1.13. The number of anilines is 1. The van der Waals surface area contributed by atoms with Gasteiger partial charge in [-0.05, 0) is 66.6 Å². The molecule has 1 aliphatic heterocycles. The highest BCUT2D eigenvalue weighted by molar-refractivity contribution is 6.31. The van der Waals surface area contributed by atoms with Crippen molar-refractivity contribution >= 4 is 29.0 Å². The molecule has 1 saturated heterocycles. The second-order valence-corrected chi connectivity index (χ2v) is 7.75. The van der Waals surface area contributed by atoms with Gasteiger partial charge in [0.1, 0.15) is 0 Å². The van der Waals surface area contributed by atoms with Gasteiger partial charge in [0, 0.05) is 10.7 Å². The SMILES string of the molecule is O=C1C=CC2(C=C1)OCC(Cc1cc(C(F)(F)F)ccc1Cl)C(=O)N2c1ccccc1. The van der Waals surface area contributed by atoms with E-state index in [0.29, 0.717) is 5.69 Å². The molecule has 2 aromatic rings. The molecule has 1 aliphatic carbocycles. The zero-order valence-corrected chi connectivity index (χ0v) is 16.9. The number of ether oxygens (including phenoxy) is 1. The number of amides is 1. The second kappa shape index (κ2) is 7.98. The lowest BCUT2D eigenvalue weighted by Gasteiger charge is -2.46. The molecule has 31 heavy (non-hydrogen) atoms. The van der Waals surface area contributed by atoms with Gasteiger partial charge in [0.15, 0.2) is 11.5 Å². The molecule has 8 heteroatoms. The fraction of sp³-hybridized carbons (Fsp3) is 0.217. The van der Waals surface area contributed by atoms with Crippen molar-refractivity contribution in [2.75, 3.05) is 11.5 Å². The Hall–Kier alpha value is -2.90. The van der Waals surface area contributed by atoms with E-state index in [0.717, 1.165) is 12.1 Å². The van der Waals surface area contributed by atoms with Crippen LogP contribution in [-0.4, -0.2) is 24.0 Å². The highest BCUT2D eigenvalue weighted by atomic mass is 35.5. The number of allylic oxidation sites excluding steroid dienone is 2. The monoisotopic (exact) mass is 447 g/mol. The van der Waals surface area contributed by atoms with Crippen LogP contribution in [0.3, 0.4) is 0 Å². The third-order valence-electron chi connectivity index (χ3n) is 5.26. The van der Waals surface area contributed by atoms with Crippen molar-refractivity contribution in [1.29, 1.82) is 0 Å². The topological polar surface area (TPSA) is 46.6 Å². The molecule has 4 rings (SSSR count). The second-order valence-electron chi connectivity index (χ2n) is 7.35.